The molecule has 1 fully saturated rings. The summed E-state index contributed by atoms with van der Waals surface area (Å²) in [4.78, 5) is 4.72. The third-order valence-corrected chi connectivity index (χ3v) is 4.94. The van der Waals surface area contributed by atoms with E-state index in [1.807, 2.05) is 0 Å². The molecule has 0 radical (unpaired) electrons. The highest BCUT2D eigenvalue weighted by Gasteiger charge is 2.22. The van der Waals surface area contributed by atoms with Crippen molar-refractivity contribution in [1.82, 2.24) is 4.98 Å². The van der Waals surface area contributed by atoms with Gasteiger partial charge >= 0.3 is 0 Å². The summed E-state index contributed by atoms with van der Waals surface area (Å²) in [6, 6.07) is 4.86. The fourth-order valence-corrected chi connectivity index (χ4v) is 3.58. The van der Waals surface area contributed by atoms with Gasteiger partial charge in [-0.3, -0.25) is 0 Å². The smallest absolute Gasteiger partial charge is 0.144 e. The van der Waals surface area contributed by atoms with Crippen LogP contribution in [0.4, 0.5) is 5.82 Å². The fraction of sp³-hybridized carbons (Fsp3) is 0.647. The van der Waals surface area contributed by atoms with Gasteiger partial charge in [-0.2, -0.15) is 5.26 Å². The number of rotatable bonds is 3. The first kappa shape index (κ1) is 13.4. The van der Waals surface area contributed by atoms with Crippen LogP contribution in [0.5, 0.6) is 0 Å². The van der Waals surface area contributed by atoms with Gasteiger partial charge in [0.25, 0.3) is 0 Å². The van der Waals surface area contributed by atoms with Crippen molar-refractivity contribution in [3.05, 3.63) is 22.9 Å². The minimum atomic E-state index is 0.497. The lowest BCUT2D eigenvalue weighted by molar-refractivity contribution is 0.330. The lowest BCUT2D eigenvalue weighted by Crippen LogP contribution is -2.27. The summed E-state index contributed by atoms with van der Waals surface area (Å²) in [6.07, 6.45) is 9.66. The molecule has 2 aliphatic rings. The highest BCUT2D eigenvalue weighted by atomic mass is 15.0. The van der Waals surface area contributed by atoms with E-state index in [0.29, 0.717) is 6.04 Å². The molecule has 0 atom stereocenters. The molecular formula is C17H23N3. The molecule has 1 heterocycles. The van der Waals surface area contributed by atoms with E-state index >= 15 is 0 Å². The van der Waals surface area contributed by atoms with Gasteiger partial charge in [0.05, 0.1) is 5.56 Å². The zero-order valence-corrected chi connectivity index (χ0v) is 12.3. The molecule has 0 aliphatic heterocycles. The number of hydrogen-bond acceptors (Lipinski definition) is 3. The van der Waals surface area contributed by atoms with Gasteiger partial charge in [-0.1, -0.05) is 13.3 Å². The van der Waals surface area contributed by atoms with E-state index in [1.165, 1.54) is 49.8 Å². The van der Waals surface area contributed by atoms with Crippen molar-refractivity contribution in [3.63, 3.8) is 0 Å². The first-order valence-corrected chi connectivity index (χ1v) is 7.99. The monoisotopic (exact) mass is 269 g/mol. The van der Waals surface area contributed by atoms with E-state index in [-0.39, 0.29) is 0 Å². The third kappa shape index (κ3) is 2.65. The SMILES string of the molecule is CCC1CCC(Nc2nc3c(cc2C#N)CCC3)CC1. The number of nitrogens with zero attached hydrogens (tertiary/aromatic N) is 2. The molecule has 1 aromatic rings. The van der Waals surface area contributed by atoms with Crippen molar-refractivity contribution in [3.8, 4) is 6.07 Å². The maximum absolute atomic E-state index is 9.33. The molecule has 0 aromatic carbocycles. The van der Waals surface area contributed by atoms with Gasteiger partial charge in [0, 0.05) is 11.7 Å². The minimum absolute atomic E-state index is 0.497. The van der Waals surface area contributed by atoms with Crippen LogP contribution in [0.2, 0.25) is 0 Å². The fourth-order valence-electron chi connectivity index (χ4n) is 3.58. The summed E-state index contributed by atoms with van der Waals surface area (Å²) in [6.45, 7) is 2.29. The number of aryl methyl sites for hydroxylation is 2. The highest BCUT2D eigenvalue weighted by molar-refractivity contribution is 5.55. The second kappa shape index (κ2) is 5.83. The molecule has 0 unspecified atom stereocenters. The molecule has 1 saturated carbocycles. The number of hydrogen-bond donors (Lipinski definition) is 1. The normalized spacial score (nSPS) is 25.0. The molecule has 0 spiro atoms. The summed E-state index contributed by atoms with van der Waals surface area (Å²) in [5, 5.41) is 12.9. The first-order chi connectivity index (χ1) is 9.80. The summed E-state index contributed by atoms with van der Waals surface area (Å²) < 4.78 is 0. The number of pyridine rings is 1. The van der Waals surface area contributed by atoms with Gasteiger partial charge in [-0.05, 0) is 62.5 Å². The molecule has 0 amide bonds. The van der Waals surface area contributed by atoms with Gasteiger partial charge in [0.2, 0.25) is 0 Å². The van der Waals surface area contributed by atoms with E-state index in [9.17, 15) is 5.26 Å². The van der Waals surface area contributed by atoms with Crippen LogP contribution < -0.4 is 5.32 Å². The number of nitrogens with one attached hydrogen (secondary N) is 1. The zero-order valence-electron chi connectivity index (χ0n) is 12.3. The number of anilines is 1. The second-order valence-corrected chi connectivity index (χ2v) is 6.23. The Morgan fingerprint density at radius 1 is 1.30 bits per heavy atom. The summed E-state index contributed by atoms with van der Waals surface area (Å²) in [7, 11) is 0. The van der Waals surface area contributed by atoms with Crippen LogP contribution in [-0.2, 0) is 12.8 Å². The van der Waals surface area contributed by atoms with Gasteiger partial charge < -0.3 is 5.32 Å². The molecule has 0 saturated heterocycles. The van der Waals surface area contributed by atoms with E-state index in [1.54, 1.807) is 0 Å². The molecule has 3 nitrogen and oxygen atoms in total. The second-order valence-electron chi connectivity index (χ2n) is 6.23. The average Bonchev–Trinajstić information content (AvgIpc) is 2.94. The van der Waals surface area contributed by atoms with Crippen LogP contribution >= 0.6 is 0 Å². The summed E-state index contributed by atoms with van der Waals surface area (Å²) in [5.74, 6) is 1.73. The van der Waals surface area contributed by atoms with Gasteiger partial charge in [0.1, 0.15) is 11.9 Å². The van der Waals surface area contributed by atoms with Crippen molar-refractivity contribution in [1.29, 1.82) is 5.26 Å². The Morgan fingerprint density at radius 3 is 2.80 bits per heavy atom. The third-order valence-electron chi connectivity index (χ3n) is 4.94. The Bertz CT molecular complexity index is 522. The van der Waals surface area contributed by atoms with Crippen LogP contribution in [0.3, 0.4) is 0 Å². The maximum Gasteiger partial charge on any atom is 0.144 e. The Balaban J connectivity index is 1.73. The Kier molecular flexibility index (Phi) is 3.91. The van der Waals surface area contributed by atoms with E-state index in [0.717, 1.165) is 30.1 Å². The maximum atomic E-state index is 9.33. The van der Waals surface area contributed by atoms with E-state index in [4.69, 9.17) is 4.98 Å². The molecule has 0 bridgehead atoms. The number of aromatic nitrogens is 1. The Hall–Kier alpha value is -1.56. The van der Waals surface area contributed by atoms with Gasteiger partial charge in [-0.15, -0.1) is 0 Å². The number of nitriles is 1. The zero-order chi connectivity index (χ0) is 13.9. The molecule has 1 aromatic heterocycles. The topological polar surface area (TPSA) is 48.7 Å². The molecule has 1 N–H and O–H groups in total. The molecule has 106 valence electrons. The summed E-state index contributed by atoms with van der Waals surface area (Å²) in [5.41, 5.74) is 3.21. The molecule has 3 heteroatoms. The van der Waals surface area contributed by atoms with Gasteiger partial charge in [0.15, 0.2) is 0 Å². The highest BCUT2D eigenvalue weighted by Crippen LogP contribution is 2.30. The van der Waals surface area contributed by atoms with Crippen LogP contribution in [0, 0.1) is 17.2 Å². The van der Waals surface area contributed by atoms with Crippen molar-refractivity contribution in [2.75, 3.05) is 5.32 Å². The quantitative estimate of drug-likeness (QED) is 0.907. The van der Waals surface area contributed by atoms with Crippen molar-refractivity contribution in [2.24, 2.45) is 5.92 Å². The average molecular weight is 269 g/mol. The summed E-state index contributed by atoms with van der Waals surface area (Å²) >= 11 is 0. The van der Waals surface area contributed by atoms with E-state index in [2.05, 4.69) is 24.4 Å². The van der Waals surface area contributed by atoms with Crippen LogP contribution in [0.15, 0.2) is 6.07 Å². The van der Waals surface area contributed by atoms with Crippen molar-refractivity contribution >= 4 is 5.82 Å². The first-order valence-electron chi connectivity index (χ1n) is 7.99. The number of fused-ring (bicyclic) bond motifs is 1. The van der Waals surface area contributed by atoms with E-state index < -0.39 is 0 Å². The molecule has 3 rings (SSSR count). The lowest BCUT2D eigenvalue weighted by atomic mass is 9.84. The Morgan fingerprint density at radius 2 is 2.10 bits per heavy atom. The standard InChI is InChI=1S/C17H23N3/c1-2-12-6-8-15(9-7-12)19-17-14(11-18)10-13-4-3-5-16(13)20-17/h10,12,15H,2-9H2,1H3,(H,19,20). The van der Waals surface area contributed by atoms with Crippen LogP contribution in [0.1, 0.15) is 62.3 Å². The molecular weight excluding hydrogens is 246 g/mol. The van der Waals surface area contributed by atoms with Crippen molar-refractivity contribution < 1.29 is 0 Å². The lowest BCUT2D eigenvalue weighted by Gasteiger charge is -2.29. The molecule has 20 heavy (non-hydrogen) atoms. The predicted molar refractivity (Wildman–Crippen MR) is 80.6 cm³/mol. The van der Waals surface area contributed by atoms with Crippen LogP contribution in [0.25, 0.3) is 0 Å². The molecule has 2 aliphatic carbocycles. The largest absolute Gasteiger partial charge is 0.366 e. The minimum Gasteiger partial charge on any atom is -0.366 e. The predicted octanol–water partition coefficient (Wildman–Crippen LogP) is 3.82. The Labute approximate surface area is 121 Å². The van der Waals surface area contributed by atoms with Crippen molar-refractivity contribution in [2.45, 2.75) is 64.3 Å². The van der Waals surface area contributed by atoms with Gasteiger partial charge in [-0.25, -0.2) is 4.98 Å². The van der Waals surface area contributed by atoms with Crippen LogP contribution in [-0.4, -0.2) is 11.0 Å².